The largest absolute Gasteiger partial charge is 0.225 e. The lowest BCUT2D eigenvalue weighted by molar-refractivity contribution is 1.37. The van der Waals surface area contributed by atoms with Crippen LogP contribution in [-0.4, -0.2) is 16.6 Å². The number of hydrogen-bond acceptors (Lipinski definition) is 3. The summed E-state index contributed by atoms with van der Waals surface area (Å²) in [5.41, 5.74) is 2.05. The van der Waals surface area contributed by atoms with Crippen LogP contribution in [0.5, 0.6) is 0 Å². The summed E-state index contributed by atoms with van der Waals surface area (Å²) in [6.07, 6.45) is 12.1. The minimum atomic E-state index is 0.635. The van der Waals surface area contributed by atoms with Crippen molar-refractivity contribution in [3.8, 4) is 12.3 Å². The summed E-state index contributed by atoms with van der Waals surface area (Å²) in [6, 6.07) is 0. The Labute approximate surface area is 81.5 Å². The molecule has 2 aliphatic rings. The van der Waals surface area contributed by atoms with Crippen molar-refractivity contribution >= 4 is 22.6 Å². The Morgan fingerprint density at radius 3 is 3.23 bits per heavy atom. The van der Waals surface area contributed by atoms with E-state index in [1.165, 1.54) is 11.8 Å². The first-order valence-electron chi connectivity index (χ1n) is 4.00. The van der Waals surface area contributed by atoms with Gasteiger partial charge in [0.1, 0.15) is 0 Å². The third-order valence-corrected chi connectivity index (χ3v) is 2.48. The molecule has 0 atom stereocenters. The maximum Gasteiger partial charge on any atom is 0.189 e. The van der Waals surface area contributed by atoms with Gasteiger partial charge in [-0.2, -0.15) is 0 Å². The minimum absolute atomic E-state index is 0.635. The van der Waals surface area contributed by atoms with Crippen LogP contribution in [0.15, 0.2) is 33.9 Å². The average molecular weight is 188 g/mol. The van der Waals surface area contributed by atoms with Crippen LogP contribution in [0.2, 0.25) is 0 Å². The van der Waals surface area contributed by atoms with Gasteiger partial charge >= 0.3 is 0 Å². The molecule has 2 rings (SSSR count). The molecule has 0 unspecified atom stereocenters. The van der Waals surface area contributed by atoms with Crippen molar-refractivity contribution < 1.29 is 0 Å². The first kappa shape index (κ1) is 8.33. The molecule has 1 aliphatic carbocycles. The third kappa shape index (κ3) is 1.73. The molecule has 13 heavy (non-hydrogen) atoms. The Balaban J connectivity index is 2.12. The van der Waals surface area contributed by atoms with E-state index in [-0.39, 0.29) is 0 Å². The van der Waals surface area contributed by atoms with Crippen LogP contribution in [0.4, 0.5) is 0 Å². The van der Waals surface area contributed by atoms with Crippen LogP contribution in [-0.2, 0) is 0 Å². The van der Waals surface area contributed by atoms with Crippen molar-refractivity contribution in [3.05, 3.63) is 23.9 Å². The van der Waals surface area contributed by atoms with Crippen LogP contribution in [0, 0.1) is 12.3 Å². The Hall–Kier alpha value is -1.27. The molecule has 0 aromatic carbocycles. The number of rotatable bonds is 1. The number of terminal acetylenes is 1. The van der Waals surface area contributed by atoms with Gasteiger partial charge in [-0.1, -0.05) is 29.8 Å². The smallest absolute Gasteiger partial charge is 0.189 e. The topological polar surface area (TPSA) is 24.7 Å². The number of nitrogens with zero attached hydrogens (tertiary/aromatic N) is 2. The molecule has 1 aliphatic heterocycles. The molecule has 3 heteroatoms. The zero-order chi connectivity index (χ0) is 9.10. The summed E-state index contributed by atoms with van der Waals surface area (Å²) in [4.78, 5) is 8.70. The molecule has 0 saturated heterocycles. The number of thioether (sulfide) groups is 1. The number of fused-ring (bicyclic) bond motifs is 1. The number of aliphatic imine (C=N–C) groups is 2. The van der Waals surface area contributed by atoms with Crippen molar-refractivity contribution in [1.29, 1.82) is 0 Å². The second kappa shape index (κ2) is 3.63. The highest BCUT2D eigenvalue weighted by molar-refractivity contribution is 8.14. The fourth-order valence-corrected chi connectivity index (χ4v) is 1.71. The van der Waals surface area contributed by atoms with Gasteiger partial charge < -0.3 is 0 Å². The molecule has 0 saturated carbocycles. The van der Waals surface area contributed by atoms with E-state index in [0.29, 0.717) is 5.75 Å². The molecule has 64 valence electrons. The molecule has 2 nitrogen and oxygen atoms in total. The van der Waals surface area contributed by atoms with Gasteiger partial charge in [0.05, 0.1) is 17.2 Å². The van der Waals surface area contributed by atoms with Gasteiger partial charge in [0, 0.05) is 6.42 Å². The predicted octanol–water partition coefficient (Wildman–Crippen LogP) is 2.01. The van der Waals surface area contributed by atoms with Gasteiger partial charge in [0.15, 0.2) is 5.17 Å². The van der Waals surface area contributed by atoms with E-state index in [1.54, 1.807) is 0 Å². The second-order valence-corrected chi connectivity index (χ2v) is 3.57. The monoisotopic (exact) mass is 188 g/mol. The Morgan fingerprint density at radius 2 is 2.46 bits per heavy atom. The van der Waals surface area contributed by atoms with Gasteiger partial charge in [-0.25, -0.2) is 9.98 Å². The molecule has 0 spiro atoms. The zero-order valence-corrected chi connectivity index (χ0v) is 7.84. The van der Waals surface area contributed by atoms with Crippen molar-refractivity contribution in [2.75, 3.05) is 5.75 Å². The van der Waals surface area contributed by atoms with Gasteiger partial charge in [-0.3, -0.25) is 0 Å². The summed E-state index contributed by atoms with van der Waals surface area (Å²) in [5, 5.41) is 0.794. The van der Waals surface area contributed by atoms with E-state index in [9.17, 15) is 0 Å². The Morgan fingerprint density at radius 1 is 1.54 bits per heavy atom. The first-order valence-corrected chi connectivity index (χ1v) is 4.98. The number of allylic oxidation sites excluding steroid dienone is 4. The maximum absolute atomic E-state index is 5.15. The predicted molar refractivity (Wildman–Crippen MR) is 58.0 cm³/mol. The normalized spacial score (nSPS) is 18.5. The van der Waals surface area contributed by atoms with Gasteiger partial charge in [-0.15, -0.1) is 6.42 Å². The molecular formula is C10H8N2S. The van der Waals surface area contributed by atoms with Crippen LogP contribution in [0.25, 0.3) is 0 Å². The molecule has 1 heterocycles. The maximum atomic E-state index is 5.15. The molecule has 0 radical (unpaired) electrons. The van der Waals surface area contributed by atoms with E-state index in [4.69, 9.17) is 6.42 Å². The van der Waals surface area contributed by atoms with Gasteiger partial charge in [0.25, 0.3) is 0 Å². The van der Waals surface area contributed by atoms with Crippen molar-refractivity contribution in [3.63, 3.8) is 0 Å². The molecule has 0 amide bonds. The molecule has 0 fully saturated rings. The Kier molecular flexibility index (Phi) is 2.33. The van der Waals surface area contributed by atoms with Crippen molar-refractivity contribution in [1.82, 2.24) is 0 Å². The SMILES string of the molecule is C#CCSC1=NC2=CC=CCC2=N1. The fourth-order valence-electron chi connectivity index (χ4n) is 1.16. The standard InChI is InChI=1S/C10H8N2S/c1-2-7-13-10-11-8-5-3-4-6-9(8)12-10/h1,3-5H,6-7H2. The summed E-state index contributed by atoms with van der Waals surface area (Å²) in [6.45, 7) is 0. The Bertz CT molecular complexity index is 380. The van der Waals surface area contributed by atoms with E-state index < -0.39 is 0 Å². The van der Waals surface area contributed by atoms with Crippen molar-refractivity contribution in [2.45, 2.75) is 6.42 Å². The molecular weight excluding hydrogens is 180 g/mol. The van der Waals surface area contributed by atoms with E-state index in [2.05, 4.69) is 22.0 Å². The second-order valence-electron chi connectivity index (χ2n) is 2.63. The van der Waals surface area contributed by atoms with Crippen molar-refractivity contribution in [2.24, 2.45) is 9.98 Å². The first-order chi connectivity index (χ1) is 6.40. The zero-order valence-electron chi connectivity index (χ0n) is 7.03. The van der Waals surface area contributed by atoms with Crippen LogP contribution in [0.3, 0.4) is 0 Å². The number of hydrogen-bond donors (Lipinski definition) is 0. The minimum Gasteiger partial charge on any atom is -0.225 e. The summed E-state index contributed by atoms with van der Waals surface area (Å²) in [5.74, 6) is 3.19. The van der Waals surface area contributed by atoms with E-state index >= 15 is 0 Å². The third-order valence-electron chi connectivity index (χ3n) is 1.73. The molecule has 0 N–H and O–H groups in total. The average Bonchev–Trinajstić information content (AvgIpc) is 2.57. The lowest BCUT2D eigenvalue weighted by Crippen LogP contribution is -1.97. The van der Waals surface area contributed by atoms with E-state index in [0.717, 1.165) is 23.0 Å². The summed E-state index contributed by atoms with van der Waals surface area (Å²) < 4.78 is 0. The van der Waals surface area contributed by atoms with E-state index in [1.807, 2.05) is 12.2 Å². The van der Waals surface area contributed by atoms with Crippen LogP contribution in [0.1, 0.15) is 6.42 Å². The summed E-state index contributed by atoms with van der Waals surface area (Å²) in [7, 11) is 0. The molecule has 0 bridgehead atoms. The lowest BCUT2D eigenvalue weighted by Gasteiger charge is -1.99. The van der Waals surface area contributed by atoms with Gasteiger partial charge in [0.2, 0.25) is 0 Å². The van der Waals surface area contributed by atoms with Crippen LogP contribution >= 0.6 is 11.8 Å². The molecule has 0 aromatic rings. The summed E-state index contributed by atoms with van der Waals surface area (Å²) >= 11 is 1.51. The highest BCUT2D eigenvalue weighted by Gasteiger charge is 2.16. The highest BCUT2D eigenvalue weighted by Crippen LogP contribution is 2.21. The number of amidine groups is 1. The van der Waals surface area contributed by atoms with Gasteiger partial charge in [-0.05, 0) is 6.08 Å². The lowest BCUT2D eigenvalue weighted by atomic mass is 10.1. The fraction of sp³-hybridized carbons (Fsp3) is 0.200. The highest BCUT2D eigenvalue weighted by atomic mass is 32.2. The quantitative estimate of drug-likeness (QED) is 0.578. The van der Waals surface area contributed by atoms with Crippen LogP contribution < -0.4 is 0 Å². The molecule has 0 aromatic heterocycles.